The van der Waals surface area contributed by atoms with Gasteiger partial charge in [0.15, 0.2) is 0 Å². The molecule has 6 heteroatoms. The number of hydrogen-bond acceptors (Lipinski definition) is 3. The maximum atomic E-state index is 12.0. The van der Waals surface area contributed by atoms with Crippen molar-refractivity contribution < 1.29 is 4.79 Å². The summed E-state index contributed by atoms with van der Waals surface area (Å²) in [6.07, 6.45) is 0.907. The molecule has 0 aliphatic carbocycles. The second-order valence-corrected chi connectivity index (χ2v) is 6.18. The highest BCUT2D eigenvalue weighted by molar-refractivity contribution is 7.16. The molecule has 1 unspecified atom stereocenters. The van der Waals surface area contributed by atoms with E-state index in [1.807, 2.05) is 19.1 Å². The Morgan fingerprint density at radius 2 is 2.41 bits per heavy atom. The number of amides is 1. The van der Waals surface area contributed by atoms with Crippen LogP contribution in [0.15, 0.2) is 12.1 Å². The molecule has 0 spiro atoms. The first kappa shape index (κ1) is 14.8. The molecule has 1 saturated heterocycles. The molecule has 1 amide bonds. The van der Waals surface area contributed by atoms with Crippen molar-refractivity contribution in [3.05, 3.63) is 21.3 Å². The fourth-order valence-corrected chi connectivity index (χ4v) is 2.87. The van der Waals surface area contributed by atoms with Gasteiger partial charge >= 0.3 is 0 Å². The van der Waals surface area contributed by atoms with E-state index in [0.717, 1.165) is 28.7 Å². The summed E-state index contributed by atoms with van der Waals surface area (Å²) in [6, 6.07) is 3.80. The van der Waals surface area contributed by atoms with Gasteiger partial charge < -0.3 is 10.6 Å². The smallest absolute Gasteiger partial charge is 0.227 e. The highest BCUT2D eigenvalue weighted by Gasteiger charge is 2.35. The second kappa shape index (κ2) is 6.05. The number of thiophene rings is 1. The molecule has 1 fully saturated rings. The SMILES string of the molecule is CC1(C(=O)NCc2ccc(Cl)s2)CCNC1.Cl. The Labute approximate surface area is 116 Å². The van der Waals surface area contributed by atoms with Gasteiger partial charge in [0.2, 0.25) is 5.91 Å². The van der Waals surface area contributed by atoms with Crippen molar-refractivity contribution in [2.45, 2.75) is 19.9 Å². The highest BCUT2D eigenvalue weighted by Crippen LogP contribution is 2.25. The van der Waals surface area contributed by atoms with Gasteiger partial charge in [-0.3, -0.25) is 4.79 Å². The van der Waals surface area contributed by atoms with E-state index >= 15 is 0 Å². The van der Waals surface area contributed by atoms with Crippen LogP contribution in [0.4, 0.5) is 0 Å². The molecular weight excluding hydrogens is 279 g/mol. The summed E-state index contributed by atoms with van der Waals surface area (Å²) in [6.45, 7) is 4.27. The van der Waals surface area contributed by atoms with Crippen molar-refractivity contribution in [2.75, 3.05) is 13.1 Å². The Balaban J connectivity index is 0.00000144. The van der Waals surface area contributed by atoms with E-state index in [9.17, 15) is 4.79 Å². The molecule has 1 aliphatic rings. The Hall–Kier alpha value is -0.290. The van der Waals surface area contributed by atoms with Crippen molar-refractivity contribution in [2.24, 2.45) is 5.41 Å². The quantitative estimate of drug-likeness (QED) is 0.899. The Morgan fingerprint density at radius 1 is 1.65 bits per heavy atom. The first-order chi connectivity index (χ1) is 7.60. The predicted molar refractivity (Wildman–Crippen MR) is 74.0 cm³/mol. The third kappa shape index (κ3) is 3.58. The summed E-state index contributed by atoms with van der Waals surface area (Å²) in [5, 5.41) is 6.18. The number of halogens is 2. The minimum atomic E-state index is -0.249. The Bertz CT molecular complexity index is 389. The molecule has 17 heavy (non-hydrogen) atoms. The standard InChI is InChI=1S/C11H15ClN2OS.ClH/c1-11(4-5-13-7-11)10(15)14-6-8-2-3-9(12)16-8;/h2-3,13H,4-7H2,1H3,(H,14,15);1H. The Kier molecular flexibility index (Phi) is 5.25. The molecule has 1 aliphatic heterocycles. The largest absolute Gasteiger partial charge is 0.351 e. The molecule has 96 valence electrons. The number of nitrogens with one attached hydrogen (secondary N) is 2. The summed E-state index contributed by atoms with van der Waals surface area (Å²) in [4.78, 5) is 13.1. The van der Waals surface area contributed by atoms with Crippen LogP contribution in [0.1, 0.15) is 18.2 Å². The third-order valence-electron chi connectivity index (χ3n) is 2.97. The van der Waals surface area contributed by atoms with Crippen molar-refractivity contribution in [3.63, 3.8) is 0 Å². The van der Waals surface area contributed by atoms with Crippen LogP contribution in [0.2, 0.25) is 4.34 Å². The molecule has 1 atom stereocenters. The minimum absolute atomic E-state index is 0. The van der Waals surface area contributed by atoms with Gasteiger partial charge in [-0.1, -0.05) is 11.6 Å². The highest BCUT2D eigenvalue weighted by atomic mass is 35.5. The fraction of sp³-hybridized carbons (Fsp3) is 0.545. The summed E-state index contributed by atoms with van der Waals surface area (Å²) in [7, 11) is 0. The first-order valence-corrected chi connectivity index (χ1v) is 6.53. The van der Waals surface area contributed by atoms with Crippen molar-refractivity contribution >= 4 is 41.3 Å². The van der Waals surface area contributed by atoms with Crippen LogP contribution in [-0.2, 0) is 11.3 Å². The van der Waals surface area contributed by atoms with Crippen LogP contribution in [0, 0.1) is 5.41 Å². The van der Waals surface area contributed by atoms with Crippen LogP contribution in [0.5, 0.6) is 0 Å². The van der Waals surface area contributed by atoms with Gasteiger partial charge in [-0.2, -0.15) is 0 Å². The molecule has 3 nitrogen and oxygen atoms in total. The van der Waals surface area contributed by atoms with Crippen molar-refractivity contribution in [3.8, 4) is 0 Å². The molecule has 2 heterocycles. The summed E-state index contributed by atoms with van der Waals surface area (Å²) in [5.74, 6) is 0.127. The van der Waals surface area contributed by atoms with Crippen LogP contribution in [0.25, 0.3) is 0 Å². The number of carbonyl (C=O) groups is 1. The van der Waals surface area contributed by atoms with Gasteiger partial charge in [-0.25, -0.2) is 0 Å². The lowest BCUT2D eigenvalue weighted by molar-refractivity contribution is -0.129. The van der Waals surface area contributed by atoms with Crippen molar-refractivity contribution in [1.82, 2.24) is 10.6 Å². The third-order valence-corrected chi connectivity index (χ3v) is 4.20. The van der Waals surface area contributed by atoms with Crippen LogP contribution in [-0.4, -0.2) is 19.0 Å². The molecule has 1 aromatic heterocycles. The van der Waals surface area contributed by atoms with Gasteiger partial charge in [0.25, 0.3) is 0 Å². The molecule has 0 radical (unpaired) electrons. The van der Waals surface area contributed by atoms with E-state index in [2.05, 4.69) is 10.6 Å². The molecule has 0 saturated carbocycles. The van der Waals surface area contributed by atoms with Crippen molar-refractivity contribution in [1.29, 1.82) is 0 Å². The topological polar surface area (TPSA) is 41.1 Å². The second-order valence-electron chi connectivity index (χ2n) is 4.38. The minimum Gasteiger partial charge on any atom is -0.351 e. The van der Waals surface area contributed by atoms with Gasteiger partial charge in [-0.15, -0.1) is 23.7 Å². The first-order valence-electron chi connectivity index (χ1n) is 5.33. The average molecular weight is 295 g/mol. The maximum absolute atomic E-state index is 12.0. The Morgan fingerprint density at radius 3 is 2.94 bits per heavy atom. The van der Waals surface area contributed by atoms with E-state index < -0.39 is 0 Å². The van der Waals surface area contributed by atoms with E-state index in [-0.39, 0.29) is 23.7 Å². The molecule has 1 aromatic rings. The molecule has 0 aromatic carbocycles. The van der Waals surface area contributed by atoms with Crippen LogP contribution in [0.3, 0.4) is 0 Å². The van der Waals surface area contributed by atoms with Gasteiger partial charge in [0.05, 0.1) is 16.3 Å². The van der Waals surface area contributed by atoms with Gasteiger partial charge in [0.1, 0.15) is 0 Å². The zero-order valence-electron chi connectivity index (χ0n) is 9.59. The van der Waals surface area contributed by atoms with E-state index in [4.69, 9.17) is 11.6 Å². The normalized spacial score (nSPS) is 23.2. The molecular formula is C11H16Cl2N2OS. The number of hydrogen-bond donors (Lipinski definition) is 2. The summed E-state index contributed by atoms with van der Waals surface area (Å²) in [5.41, 5.74) is -0.249. The van der Waals surface area contributed by atoms with Crippen LogP contribution >= 0.6 is 35.3 Å². The van der Waals surface area contributed by atoms with Gasteiger partial charge in [0, 0.05) is 11.4 Å². The zero-order chi connectivity index (χ0) is 11.6. The zero-order valence-corrected chi connectivity index (χ0v) is 12.0. The molecule has 2 rings (SSSR count). The predicted octanol–water partition coefficient (Wildman–Crippen LogP) is 2.44. The maximum Gasteiger partial charge on any atom is 0.227 e. The lowest BCUT2D eigenvalue weighted by atomic mass is 9.89. The fourth-order valence-electron chi connectivity index (χ4n) is 1.84. The lowest BCUT2D eigenvalue weighted by Crippen LogP contribution is -2.39. The number of rotatable bonds is 3. The molecule has 2 N–H and O–H groups in total. The summed E-state index contributed by atoms with van der Waals surface area (Å²) < 4.78 is 0.762. The van der Waals surface area contributed by atoms with Gasteiger partial charge in [-0.05, 0) is 32.0 Å². The average Bonchev–Trinajstić information content (AvgIpc) is 2.85. The van der Waals surface area contributed by atoms with Crippen LogP contribution < -0.4 is 10.6 Å². The van der Waals surface area contributed by atoms with E-state index in [1.54, 1.807) is 0 Å². The lowest BCUT2D eigenvalue weighted by Gasteiger charge is -2.21. The van der Waals surface area contributed by atoms with E-state index in [1.165, 1.54) is 11.3 Å². The number of carbonyl (C=O) groups excluding carboxylic acids is 1. The molecule has 0 bridgehead atoms. The van der Waals surface area contributed by atoms with E-state index in [0.29, 0.717) is 6.54 Å². The monoisotopic (exact) mass is 294 g/mol. The summed E-state index contributed by atoms with van der Waals surface area (Å²) >= 11 is 7.33.